The highest BCUT2D eigenvalue weighted by molar-refractivity contribution is 6.46. The minimum Gasteiger partial charge on any atom is -0.507 e. The van der Waals surface area contributed by atoms with Crippen LogP contribution in [0.15, 0.2) is 48.0 Å². The first-order valence-corrected chi connectivity index (χ1v) is 11.1. The third-order valence-corrected chi connectivity index (χ3v) is 6.35. The summed E-state index contributed by atoms with van der Waals surface area (Å²) < 4.78 is 16.1. The SMILES string of the molecule is O=C1C(=O)N(CCN2CCOCC2)[C@@H](c2cccc(Cl)c2)C1=C(O)c1ccc2c(c1)OCO2. The van der Waals surface area contributed by atoms with Crippen LogP contribution in [-0.2, 0) is 14.3 Å². The van der Waals surface area contributed by atoms with Gasteiger partial charge in [-0.3, -0.25) is 14.5 Å². The van der Waals surface area contributed by atoms with E-state index in [1.54, 1.807) is 42.5 Å². The molecule has 3 aliphatic heterocycles. The number of aliphatic hydroxyl groups is 1. The van der Waals surface area contributed by atoms with Crippen molar-refractivity contribution in [1.29, 1.82) is 0 Å². The van der Waals surface area contributed by atoms with Crippen LogP contribution in [0.3, 0.4) is 0 Å². The summed E-state index contributed by atoms with van der Waals surface area (Å²) in [6.07, 6.45) is 0. The van der Waals surface area contributed by atoms with E-state index in [9.17, 15) is 14.7 Å². The van der Waals surface area contributed by atoms with E-state index in [4.69, 9.17) is 25.8 Å². The summed E-state index contributed by atoms with van der Waals surface area (Å²) in [6, 6.07) is 11.2. The molecule has 2 aromatic rings. The van der Waals surface area contributed by atoms with Crippen molar-refractivity contribution >= 4 is 29.1 Å². The molecule has 3 aliphatic rings. The van der Waals surface area contributed by atoms with Crippen LogP contribution >= 0.6 is 11.6 Å². The van der Waals surface area contributed by atoms with Crippen molar-refractivity contribution in [2.24, 2.45) is 0 Å². The van der Waals surface area contributed by atoms with Crippen LogP contribution in [0.2, 0.25) is 5.02 Å². The van der Waals surface area contributed by atoms with E-state index in [0.717, 1.165) is 13.1 Å². The number of rotatable bonds is 5. The van der Waals surface area contributed by atoms with Gasteiger partial charge in [-0.15, -0.1) is 0 Å². The first-order valence-electron chi connectivity index (χ1n) is 10.8. The molecule has 2 fully saturated rings. The lowest BCUT2D eigenvalue weighted by Crippen LogP contribution is -2.42. The zero-order valence-electron chi connectivity index (χ0n) is 17.8. The number of amides is 1. The third kappa shape index (κ3) is 4.17. The number of hydrogen-bond acceptors (Lipinski definition) is 7. The fourth-order valence-corrected chi connectivity index (χ4v) is 4.61. The number of morpholine rings is 1. The standard InChI is InChI=1S/C24H23ClN2O6/c25-17-3-1-2-15(12-17)21-20(22(28)16-4-5-18-19(13-16)33-14-32-18)23(29)24(30)27(21)7-6-26-8-10-31-11-9-26/h1-5,12-13,21,28H,6-11,14H2/t21-/m0/s1. The fourth-order valence-electron chi connectivity index (χ4n) is 4.41. The van der Waals surface area contributed by atoms with Gasteiger partial charge in [0.05, 0.1) is 24.8 Å². The molecule has 1 N–H and O–H groups in total. The highest BCUT2D eigenvalue weighted by Crippen LogP contribution is 2.41. The van der Waals surface area contributed by atoms with Gasteiger partial charge in [0, 0.05) is 36.8 Å². The van der Waals surface area contributed by atoms with E-state index in [-0.39, 0.29) is 18.1 Å². The predicted molar refractivity (Wildman–Crippen MR) is 120 cm³/mol. The number of aliphatic hydroxyl groups excluding tert-OH is 1. The van der Waals surface area contributed by atoms with Crippen molar-refractivity contribution in [1.82, 2.24) is 9.80 Å². The minimum absolute atomic E-state index is 0.0307. The smallest absolute Gasteiger partial charge is 0.295 e. The number of ether oxygens (including phenoxy) is 3. The van der Waals surface area contributed by atoms with Gasteiger partial charge in [0.15, 0.2) is 11.5 Å². The van der Waals surface area contributed by atoms with E-state index in [0.29, 0.717) is 54.0 Å². The van der Waals surface area contributed by atoms with Crippen LogP contribution in [0.1, 0.15) is 17.2 Å². The van der Waals surface area contributed by atoms with Crippen molar-refractivity contribution in [3.05, 3.63) is 64.2 Å². The maximum atomic E-state index is 13.2. The normalized spacial score (nSPS) is 22.2. The molecule has 1 amide bonds. The van der Waals surface area contributed by atoms with E-state index in [1.807, 2.05) is 0 Å². The first kappa shape index (κ1) is 21.8. The van der Waals surface area contributed by atoms with Crippen LogP contribution < -0.4 is 9.47 Å². The van der Waals surface area contributed by atoms with Gasteiger partial charge in [-0.25, -0.2) is 0 Å². The van der Waals surface area contributed by atoms with Gasteiger partial charge in [-0.2, -0.15) is 0 Å². The molecule has 0 radical (unpaired) electrons. The Balaban J connectivity index is 1.54. The zero-order valence-corrected chi connectivity index (χ0v) is 18.6. The molecule has 172 valence electrons. The number of ketones is 1. The molecule has 2 saturated heterocycles. The Labute approximate surface area is 195 Å². The first-order chi connectivity index (χ1) is 16.0. The topological polar surface area (TPSA) is 88.5 Å². The monoisotopic (exact) mass is 470 g/mol. The Morgan fingerprint density at radius 3 is 2.61 bits per heavy atom. The number of carbonyl (C=O) groups is 2. The lowest BCUT2D eigenvalue weighted by atomic mass is 9.95. The molecular weight excluding hydrogens is 448 g/mol. The van der Waals surface area contributed by atoms with E-state index < -0.39 is 17.7 Å². The summed E-state index contributed by atoms with van der Waals surface area (Å²) in [7, 11) is 0. The molecule has 0 aliphatic carbocycles. The molecule has 0 saturated carbocycles. The summed E-state index contributed by atoms with van der Waals surface area (Å²) in [5, 5.41) is 11.7. The number of carbonyl (C=O) groups excluding carboxylic acids is 2. The van der Waals surface area contributed by atoms with Crippen molar-refractivity contribution in [2.45, 2.75) is 6.04 Å². The van der Waals surface area contributed by atoms with Crippen LogP contribution in [0.4, 0.5) is 0 Å². The average molecular weight is 471 g/mol. The lowest BCUT2D eigenvalue weighted by molar-refractivity contribution is -0.140. The van der Waals surface area contributed by atoms with Crippen LogP contribution in [0, 0.1) is 0 Å². The Kier molecular flexibility index (Phi) is 5.97. The molecule has 2 aromatic carbocycles. The number of halogens is 1. The summed E-state index contributed by atoms with van der Waals surface area (Å²) in [5.74, 6) is -0.595. The largest absolute Gasteiger partial charge is 0.507 e. The second-order valence-electron chi connectivity index (χ2n) is 8.07. The average Bonchev–Trinajstić information content (AvgIpc) is 3.40. The number of fused-ring (bicyclic) bond motifs is 1. The van der Waals surface area contributed by atoms with E-state index >= 15 is 0 Å². The van der Waals surface area contributed by atoms with Gasteiger partial charge >= 0.3 is 0 Å². The molecule has 0 spiro atoms. The van der Waals surface area contributed by atoms with E-state index in [1.165, 1.54) is 4.90 Å². The Morgan fingerprint density at radius 1 is 1.03 bits per heavy atom. The summed E-state index contributed by atoms with van der Waals surface area (Å²) >= 11 is 6.23. The number of hydrogen-bond donors (Lipinski definition) is 1. The lowest BCUT2D eigenvalue weighted by Gasteiger charge is -2.31. The van der Waals surface area contributed by atoms with Gasteiger partial charge < -0.3 is 24.2 Å². The van der Waals surface area contributed by atoms with Crippen LogP contribution in [0.5, 0.6) is 11.5 Å². The Bertz CT molecular complexity index is 1130. The molecule has 8 nitrogen and oxygen atoms in total. The minimum atomic E-state index is -0.754. The maximum Gasteiger partial charge on any atom is 0.295 e. The summed E-state index contributed by atoms with van der Waals surface area (Å²) in [5.41, 5.74) is 1.06. The summed E-state index contributed by atoms with van der Waals surface area (Å²) in [4.78, 5) is 29.9. The highest BCUT2D eigenvalue weighted by atomic mass is 35.5. The molecular formula is C24H23ClN2O6. The highest BCUT2D eigenvalue weighted by Gasteiger charge is 2.46. The van der Waals surface area contributed by atoms with Crippen molar-refractivity contribution < 1.29 is 28.9 Å². The van der Waals surface area contributed by atoms with Gasteiger partial charge in [-0.1, -0.05) is 23.7 Å². The van der Waals surface area contributed by atoms with Gasteiger partial charge in [0.2, 0.25) is 6.79 Å². The van der Waals surface area contributed by atoms with Crippen molar-refractivity contribution in [3.63, 3.8) is 0 Å². The number of Topliss-reactive ketones (excluding diaryl/α,β-unsaturated/α-hetero) is 1. The molecule has 5 rings (SSSR count). The Morgan fingerprint density at radius 2 is 1.82 bits per heavy atom. The molecule has 0 bridgehead atoms. The molecule has 3 heterocycles. The molecule has 0 aromatic heterocycles. The molecule has 0 unspecified atom stereocenters. The number of benzene rings is 2. The van der Waals surface area contributed by atoms with E-state index in [2.05, 4.69) is 4.90 Å². The maximum absolute atomic E-state index is 13.2. The second-order valence-corrected chi connectivity index (χ2v) is 8.51. The van der Waals surface area contributed by atoms with Gasteiger partial charge in [-0.05, 0) is 35.9 Å². The van der Waals surface area contributed by atoms with Crippen LogP contribution in [0.25, 0.3) is 5.76 Å². The second kappa shape index (κ2) is 9.05. The quantitative estimate of drug-likeness (QED) is 0.408. The molecule has 9 heteroatoms. The Hall–Kier alpha value is -3.07. The zero-order chi connectivity index (χ0) is 22.9. The van der Waals surface area contributed by atoms with Crippen molar-refractivity contribution in [3.8, 4) is 11.5 Å². The third-order valence-electron chi connectivity index (χ3n) is 6.11. The number of likely N-dealkylation sites (tertiary alicyclic amines) is 1. The molecule has 33 heavy (non-hydrogen) atoms. The van der Waals surface area contributed by atoms with Gasteiger partial charge in [0.1, 0.15) is 5.76 Å². The fraction of sp³-hybridized carbons (Fsp3) is 0.333. The number of nitrogens with zero attached hydrogens (tertiary/aromatic N) is 2. The molecule has 1 atom stereocenters. The predicted octanol–water partition coefficient (Wildman–Crippen LogP) is 2.82. The van der Waals surface area contributed by atoms with Crippen LogP contribution in [-0.4, -0.2) is 72.8 Å². The van der Waals surface area contributed by atoms with Crippen molar-refractivity contribution in [2.75, 3.05) is 46.2 Å². The summed E-state index contributed by atoms with van der Waals surface area (Å²) in [6.45, 7) is 3.83. The van der Waals surface area contributed by atoms with Gasteiger partial charge in [0.25, 0.3) is 11.7 Å².